The minimum atomic E-state index is -0.135. The average Bonchev–Trinajstić information content (AvgIpc) is 2.82. The van der Waals surface area contributed by atoms with Gasteiger partial charge in [-0.25, -0.2) is 4.98 Å². The molecule has 0 unspecified atom stereocenters. The highest BCUT2D eigenvalue weighted by molar-refractivity contribution is 6.33. The molecule has 32 heavy (non-hydrogen) atoms. The second kappa shape index (κ2) is 10.3. The van der Waals surface area contributed by atoms with Crippen LogP contribution in [0.25, 0.3) is 0 Å². The fraction of sp³-hybridized carbons (Fsp3) is 0.208. The van der Waals surface area contributed by atoms with Gasteiger partial charge in [-0.2, -0.15) is 0 Å². The Morgan fingerprint density at radius 1 is 0.938 bits per heavy atom. The molecule has 4 rings (SSSR count). The Balaban J connectivity index is 1.33. The van der Waals surface area contributed by atoms with E-state index in [0.29, 0.717) is 48.2 Å². The highest BCUT2D eigenvalue weighted by Crippen LogP contribution is 2.24. The molecule has 0 spiro atoms. The lowest BCUT2D eigenvalue weighted by atomic mass is 10.2. The number of amides is 2. The first-order valence-electron chi connectivity index (χ1n) is 10.3. The van der Waals surface area contributed by atoms with E-state index in [9.17, 15) is 9.59 Å². The predicted octanol–water partition coefficient (Wildman–Crippen LogP) is 3.92. The smallest absolute Gasteiger partial charge is 0.259 e. The molecule has 0 saturated carbocycles. The van der Waals surface area contributed by atoms with Crippen LogP contribution >= 0.6 is 11.6 Å². The summed E-state index contributed by atoms with van der Waals surface area (Å²) in [6.45, 7) is 2.45. The fourth-order valence-electron chi connectivity index (χ4n) is 3.47. The van der Waals surface area contributed by atoms with Crippen LogP contribution in [0.3, 0.4) is 0 Å². The molecule has 1 aromatic heterocycles. The number of nitrogens with zero attached hydrogens (tertiary/aromatic N) is 3. The van der Waals surface area contributed by atoms with Gasteiger partial charge in [0.1, 0.15) is 11.3 Å². The molecule has 1 saturated heterocycles. The Labute approximate surface area is 191 Å². The number of anilines is 1. The number of nitrogens with one attached hydrogen (secondary N) is 1. The van der Waals surface area contributed by atoms with Crippen LogP contribution in [-0.4, -0.2) is 59.3 Å². The molecule has 8 heteroatoms. The quantitative estimate of drug-likeness (QED) is 0.616. The topological polar surface area (TPSA) is 74.8 Å². The lowest BCUT2D eigenvalue weighted by molar-refractivity contribution is -0.117. The fourth-order valence-corrected chi connectivity index (χ4v) is 3.65. The van der Waals surface area contributed by atoms with E-state index < -0.39 is 0 Å². The van der Waals surface area contributed by atoms with Crippen LogP contribution in [0.4, 0.5) is 5.69 Å². The number of benzene rings is 2. The Morgan fingerprint density at radius 3 is 2.41 bits per heavy atom. The average molecular weight is 451 g/mol. The van der Waals surface area contributed by atoms with E-state index in [0.717, 1.165) is 0 Å². The van der Waals surface area contributed by atoms with Crippen molar-refractivity contribution in [3.8, 4) is 11.6 Å². The number of carbonyl (C=O) groups excluding carboxylic acids is 2. The van der Waals surface area contributed by atoms with Gasteiger partial charge in [0.05, 0.1) is 17.3 Å². The first kappa shape index (κ1) is 21.8. The number of hydrogen-bond donors (Lipinski definition) is 1. The van der Waals surface area contributed by atoms with Crippen LogP contribution in [-0.2, 0) is 4.79 Å². The molecule has 164 valence electrons. The number of carbonyl (C=O) groups is 2. The molecular formula is C24H23ClN4O3. The molecular weight excluding hydrogens is 428 g/mol. The van der Waals surface area contributed by atoms with Gasteiger partial charge in [0, 0.05) is 32.4 Å². The van der Waals surface area contributed by atoms with Gasteiger partial charge in [0.15, 0.2) is 0 Å². The second-order valence-electron chi connectivity index (χ2n) is 7.37. The normalized spacial score (nSPS) is 14.1. The summed E-state index contributed by atoms with van der Waals surface area (Å²) in [6.07, 6.45) is 1.60. The number of piperazine rings is 1. The molecule has 1 N–H and O–H groups in total. The molecule has 1 aliphatic heterocycles. The molecule has 3 aromatic rings. The van der Waals surface area contributed by atoms with Crippen molar-refractivity contribution in [3.63, 3.8) is 0 Å². The van der Waals surface area contributed by atoms with E-state index in [1.165, 1.54) is 0 Å². The summed E-state index contributed by atoms with van der Waals surface area (Å²) in [5, 5.41) is 3.33. The Kier molecular flexibility index (Phi) is 6.99. The van der Waals surface area contributed by atoms with E-state index in [1.807, 2.05) is 47.4 Å². The third-order valence-corrected chi connectivity index (χ3v) is 5.46. The van der Waals surface area contributed by atoms with Crippen LogP contribution in [0.2, 0.25) is 5.02 Å². The van der Waals surface area contributed by atoms with E-state index in [2.05, 4.69) is 10.3 Å². The maximum absolute atomic E-state index is 13.1. The lowest BCUT2D eigenvalue weighted by Crippen LogP contribution is -2.50. The number of para-hydroxylation sites is 2. The van der Waals surface area contributed by atoms with Crippen molar-refractivity contribution in [2.24, 2.45) is 0 Å². The summed E-state index contributed by atoms with van der Waals surface area (Å²) >= 11 is 6.10. The molecule has 1 aliphatic rings. The van der Waals surface area contributed by atoms with Crippen molar-refractivity contribution in [1.29, 1.82) is 0 Å². The molecule has 0 radical (unpaired) electrons. The van der Waals surface area contributed by atoms with Crippen molar-refractivity contribution >= 4 is 29.1 Å². The van der Waals surface area contributed by atoms with Crippen molar-refractivity contribution in [3.05, 3.63) is 83.5 Å². The summed E-state index contributed by atoms with van der Waals surface area (Å²) in [5.74, 6) is 0.632. The van der Waals surface area contributed by atoms with E-state index >= 15 is 0 Å². The van der Waals surface area contributed by atoms with Crippen LogP contribution < -0.4 is 10.1 Å². The standard InChI is InChI=1S/C24H23ClN4O3/c25-20-10-4-5-11-21(20)27-22(30)17-28-13-15-29(16-14-28)24(31)19-9-6-12-26-23(19)32-18-7-2-1-3-8-18/h1-12H,13-17H2,(H,27,30). The van der Waals surface area contributed by atoms with Gasteiger partial charge in [0.25, 0.3) is 5.91 Å². The van der Waals surface area contributed by atoms with Gasteiger partial charge >= 0.3 is 0 Å². The monoisotopic (exact) mass is 450 g/mol. The van der Waals surface area contributed by atoms with Crippen molar-refractivity contribution in [1.82, 2.24) is 14.8 Å². The maximum atomic E-state index is 13.1. The van der Waals surface area contributed by atoms with E-state index in [4.69, 9.17) is 16.3 Å². The number of hydrogen-bond acceptors (Lipinski definition) is 5. The largest absolute Gasteiger partial charge is 0.438 e. The highest BCUT2D eigenvalue weighted by Gasteiger charge is 2.26. The minimum Gasteiger partial charge on any atom is -0.438 e. The third-order valence-electron chi connectivity index (χ3n) is 5.13. The first-order chi connectivity index (χ1) is 15.6. The minimum absolute atomic E-state index is 0.135. The zero-order valence-electron chi connectivity index (χ0n) is 17.4. The maximum Gasteiger partial charge on any atom is 0.259 e. The zero-order chi connectivity index (χ0) is 22.3. The summed E-state index contributed by atoms with van der Waals surface area (Å²) in [6, 6.07) is 19.8. The van der Waals surface area contributed by atoms with Gasteiger partial charge in [-0.05, 0) is 36.4 Å². The Morgan fingerprint density at radius 2 is 1.66 bits per heavy atom. The summed E-state index contributed by atoms with van der Waals surface area (Å²) in [5.41, 5.74) is 1.01. The predicted molar refractivity (Wildman–Crippen MR) is 123 cm³/mol. The number of aromatic nitrogens is 1. The Bertz CT molecular complexity index is 1090. The first-order valence-corrected chi connectivity index (χ1v) is 10.7. The van der Waals surface area contributed by atoms with Gasteiger partial charge in [0.2, 0.25) is 11.8 Å². The number of rotatable bonds is 6. The molecule has 2 aromatic carbocycles. The number of pyridine rings is 1. The molecule has 0 bridgehead atoms. The molecule has 1 fully saturated rings. The lowest BCUT2D eigenvalue weighted by Gasteiger charge is -2.34. The summed E-state index contributed by atoms with van der Waals surface area (Å²) < 4.78 is 5.83. The van der Waals surface area contributed by atoms with Crippen LogP contribution in [0.1, 0.15) is 10.4 Å². The summed E-state index contributed by atoms with van der Waals surface area (Å²) in [4.78, 5) is 33.5. The van der Waals surface area contributed by atoms with Crippen LogP contribution in [0.15, 0.2) is 72.9 Å². The van der Waals surface area contributed by atoms with Crippen molar-refractivity contribution < 1.29 is 14.3 Å². The van der Waals surface area contributed by atoms with E-state index in [-0.39, 0.29) is 24.2 Å². The van der Waals surface area contributed by atoms with Gasteiger partial charge in [-0.15, -0.1) is 0 Å². The van der Waals surface area contributed by atoms with Gasteiger partial charge in [-0.3, -0.25) is 14.5 Å². The van der Waals surface area contributed by atoms with Gasteiger partial charge < -0.3 is 15.0 Å². The molecule has 2 amide bonds. The van der Waals surface area contributed by atoms with Crippen molar-refractivity contribution in [2.45, 2.75) is 0 Å². The zero-order valence-corrected chi connectivity index (χ0v) is 18.2. The second-order valence-corrected chi connectivity index (χ2v) is 7.77. The van der Waals surface area contributed by atoms with E-state index in [1.54, 1.807) is 35.4 Å². The molecule has 0 aliphatic carbocycles. The molecule has 2 heterocycles. The summed E-state index contributed by atoms with van der Waals surface area (Å²) in [7, 11) is 0. The van der Waals surface area contributed by atoms with Crippen LogP contribution in [0.5, 0.6) is 11.6 Å². The molecule has 0 atom stereocenters. The Hall–Kier alpha value is -3.42. The molecule has 7 nitrogen and oxygen atoms in total. The third kappa shape index (κ3) is 5.43. The SMILES string of the molecule is O=C(CN1CCN(C(=O)c2cccnc2Oc2ccccc2)CC1)Nc1ccccc1Cl. The van der Waals surface area contributed by atoms with Gasteiger partial charge in [-0.1, -0.05) is 41.9 Å². The van der Waals surface area contributed by atoms with Crippen molar-refractivity contribution in [2.75, 3.05) is 38.0 Å². The van der Waals surface area contributed by atoms with Crippen LogP contribution in [0, 0.1) is 0 Å². The number of ether oxygens (including phenoxy) is 1. The number of halogens is 1. The highest BCUT2D eigenvalue weighted by atomic mass is 35.5.